The summed E-state index contributed by atoms with van der Waals surface area (Å²) in [4.78, 5) is 34.2. The molecule has 0 aliphatic rings. The zero-order valence-electron chi connectivity index (χ0n) is 20.1. The molecule has 8 nitrogen and oxygen atoms in total. The molecule has 0 N–H and O–H groups in total. The number of carbonyl (C=O) groups is 3. The van der Waals surface area contributed by atoms with Gasteiger partial charge in [-0.3, -0.25) is 14.4 Å². The molecule has 0 aromatic heterocycles. The molecule has 0 saturated carbocycles. The third kappa shape index (κ3) is 6.38. The van der Waals surface area contributed by atoms with Crippen molar-refractivity contribution in [2.24, 2.45) is 0 Å². The van der Waals surface area contributed by atoms with E-state index in [9.17, 15) is 14.4 Å². The summed E-state index contributed by atoms with van der Waals surface area (Å²) in [6, 6.07) is 17.8. The van der Waals surface area contributed by atoms with Gasteiger partial charge in [-0.2, -0.15) is 0 Å². The summed E-state index contributed by atoms with van der Waals surface area (Å²) in [5.74, 6) is 0.0310. The van der Waals surface area contributed by atoms with Crippen molar-refractivity contribution in [3.8, 4) is 28.7 Å². The molecule has 0 spiro atoms. The molecule has 182 valence electrons. The fourth-order valence-electron chi connectivity index (χ4n) is 3.68. The van der Waals surface area contributed by atoms with Crippen LogP contribution in [-0.2, 0) is 14.4 Å². The Hall–Kier alpha value is -4.33. The monoisotopic (exact) mass is 478 g/mol. The number of methoxy groups -OCH3 is 2. The Morgan fingerprint density at radius 3 is 1.26 bits per heavy atom. The van der Waals surface area contributed by atoms with Gasteiger partial charge in [0.15, 0.2) is 11.5 Å². The van der Waals surface area contributed by atoms with Crippen molar-refractivity contribution in [1.82, 2.24) is 0 Å². The molecule has 8 heteroatoms. The molecule has 3 aromatic rings. The van der Waals surface area contributed by atoms with E-state index in [0.29, 0.717) is 23.0 Å². The summed E-state index contributed by atoms with van der Waals surface area (Å²) < 4.78 is 26.7. The van der Waals surface area contributed by atoms with Gasteiger partial charge in [-0.1, -0.05) is 24.3 Å². The second-order valence-corrected chi connectivity index (χ2v) is 7.61. The number of esters is 3. The largest absolute Gasteiger partial charge is 0.493 e. The molecular formula is C27H26O8. The van der Waals surface area contributed by atoms with Crippen molar-refractivity contribution in [2.45, 2.75) is 26.7 Å². The van der Waals surface area contributed by atoms with E-state index in [2.05, 4.69) is 0 Å². The fourth-order valence-corrected chi connectivity index (χ4v) is 3.68. The van der Waals surface area contributed by atoms with E-state index in [1.807, 2.05) is 24.3 Å². The van der Waals surface area contributed by atoms with Crippen LogP contribution in [0, 0.1) is 0 Å². The smallest absolute Gasteiger partial charge is 0.308 e. The van der Waals surface area contributed by atoms with Gasteiger partial charge < -0.3 is 23.7 Å². The highest BCUT2D eigenvalue weighted by Crippen LogP contribution is 2.43. The number of hydrogen-bond donors (Lipinski definition) is 0. The highest BCUT2D eigenvalue weighted by atomic mass is 16.6. The Morgan fingerprint density at radius 2 is 0.943 bits per heavy atom. The lowest BCUT2D eigenvalue weighted by Crippen LogP contribution is -2.09. The summed E-state index contributed by atoms with van der Waals surface area (Å²) in [7, 11) is 2.95. The highest BCUT2D eigenvalue weighted by Gasteiger charge is 2.23. The van der Waals surface area contributed by atoms with Crippen LogP contribution in [0.2, 0.25) is 0 Å². The molecule has 0 bridgehead atoms. The van der Waals surface area contributed by atoms with Gasteiger partial charge in [0.05, 0.1) is 14.2 Å². The minimum atomic E-state index is -0.506. The van der Waals surface area contributed by atoms with Crippen LogP contribution in [0.4, 0.5) is 0 Å². The third-order valence-corrected chi connectivity index (χ3v) is 5.01. The quantitative estimate of drug-likeness (QED) is 0.262. The van der Waals surface area contributed by atoms with Gasteiger partial charge in [0.2, 0.25) is 5.75 Å². The van der Waals surface area contributed by atoms with Gasteiger partial charge in [-0.15, -0.1) is 0 Å². The Morgan fingerprint density at radius 1 is 0.571 bits per heavy atom. The molecule has 3 aromatic carbocycles. The summed E-state index contributed by atoms with van der Waals surface area (Å²) in [5, 5.41) is 0. The van der Waals surface area contributed by atoms with E-state index in [1.165, 1.54) is 35.0 Å². The highest BCUT2D eigenvalue weighted by molar-refractivity contribution is 5.73. The van der Waals surface area contributed by atoms with Gasteiger partial charge in [0.1, 0.15) is 11.5 Å². The maximum Gasteiger partial charge on any atom is 0.308 e. The molecule has 0 aliphatic heterocycles. The Bertz CT molecular complexity index is 1130. The SMILES string of the molecule is COc1cc(C(c2ccc(OC(C)=O)cc2)c2ccc(OC(C)=O)cc2)cc(OC)c1OC(C)=O. The average molecular weight is 478 g/mol. The van der Waals surface area contributed by atoms with Gasteiger partial charge in [-0.05, 0) is 53.1 Å². The van der Waals surface area contributed by atoms with Crippen LogP contribution in [0.15, 0.2) is 60.7 Å². The maximum absolute atomic E-state index is 11.6. The minimum absolute atomic E-state index is 0.181. The van der Waals surface area contributed by atoms with Crippen molar-refractivity contribution in [2.75, 3.05) is 14.2 Å². The molecular weight excluding hydrogens is 452 g/mol. The van der Waals surface area contributed by atoms with Gasteiger partial charge in [-0.25, -0.2) is 0 Å². The maximum atomic E-state index is 11.6. The van der Waals surface area contributed by atoms with E-state index < -0.39 is 17.9 Å². The summed E-state index contributed by atoms with van der Waals surface area (Å²) in [5.41, 5.74) is 2.55. The van der Waals surface area contributed by atoms with Crippen molar-refractivity contribution >= 4 is 17.9 Å². The van der Waals surface area contributed by atoms with Crippen LogP contribution in [0.1, 0.15) is 43.4 Å². The molecule has 0 fully saturated rings. The standard InChI is InChI=1S/C27H26O8/c1-16(28)33-22-10-6-19(7-11-22)26(20-8-12-23(13-9-20)34-17(2)29)21-14-24(31-4)27(35-18(3)30)25(15-21)32-5/h6-15,26H,1-5H3. The second kappa shape index (κ2) is 11.2. The zero-order chi connectivity index (χ0) is 25.5. The first kappa shape index (κ1) is 25.3. The molecule has 35 heavy (non-hydrogen) atoms. The predicted molar refractivity (Wildman–Crippen MR) is 127 cm³/mol. The van der Waals surface area contributed by atoms with E-state index in [-0.39, 0.29) is 11.7 Å². The Balaban J connectivity index is 2.15. The van der Waals surface area contributed by atoms with Gasteiger partial charge in [0, 0.05) is 26.7 Å². The van der Waals surface area contributed by atoms with Crippen LogP contribution in [0.3, 0.4) is 0 Å². The van der Waals surface area contributed by atoms with E-state index >= 15 is 0 Å². The Kier molecular flexibility index (Phi) is 8.09. The topological polar surface area (TPSA) is 97.4 Å². The second-order valence-electron chi connectivity index (χ2n) is 7.61. The number of rotatable bonds is 8. The number of hydrogen-bond acceptors (Lipinski definition) is 8. The molecule has 0 radical (unpaired) electrons. The van der Waals surface area contributed by atoms with Crippen molar-refractivity contribution < 1.29 is 38.1 Å². The zero-order valence-corrected chi connectivity index (χ0v) is 20.1. The first-order chi connectivity index (χ1) is 16.7. The van der Waals surface area contributed by atoms with Crippen LogP contribution < -0.4 is 23.7 Å². The number of benzene rings is 3. The van der Waals surface area contributed by atoms with Crippen molar-refractivity contribution in [3.05, 3.63) is 77.4 Å². The van der Waals surface area contributed by atoms with E-state index in [4.69, 9.17) is 23.7 Å². The van der Waals surface area contributed by atoms with Crippen LogP contribution in [0.25, 0.3) is 0 Å². The summed E-state index contributed by atoms with van der Waals surface area (Å²) in [6.07, 6.45) is 0. The van der Waals surface area contributed by atoms with E-state index in [1.54, 1.807) is 36.4 Å². The van der Waals surface area contributed by atoms with Crippen LogP contribution in [-0.4, -0.2) is 32.1 Å². The molecule has 0 amide bonds. The molecule has 0 unspecified atom stereocenters. The van der Waals surface area contributed by atoms with E-state index in [0.717, 1.165) is 16.7 Å². The molecule has 0 aliphatic carbocycles. The lowest BCUT2D eigenvalue weighted by molar-refractivity contribution is -0.133. The molecule has 3 rings (SSSR count). The molecule has 0 atom stereocenters. The number of carbonyl (C=O) groups excluding carboxylic acids is 3. The first-order valence-electron chi connectivity index (χ1n) is 10.7. The normalized spacial score (nSPS) is 10.5. The number of ether oxygens (including phenoxy) is 5. The molecule has 0 heterocycles. The van der Waals surface area contributed by atoms with Crippen molar-refractivity contribution in [3.63, 3.8) is 0 Å². The Labute approximate surface area is 203 Å². The van der Waals surface area contributed by atoms with Crippen molar-refractivity contribution in [1.29, 1.82) is 0 Å². The first-order valence-corrected chi connectivity index (χ1v) is 10.7. The van der Waals surface area contributed by atoms with Gasteiger partial charge >= 0.3 is 17.9 Å². The third-order valence-electron chi connectivity index (χ3n) is 5.01. The minimum Gasteiger partial charge on any atom is -0.493 e. The average Bonchev–Trinajstić information content (AvgIpc) is 2.81. The lowest BCUT2D eigenvalue weighted by atomic mass is 9.84. The predicted octanol–water partition coefficient (Wildman–Crippen LogP) is 4.66. The van der Waals surface area contributed by atoms with Crippen LogP contribution >= 0.6 is 0 Å². The lowest BCUT2D eigenvalue weighted by Gasteiger charge is -2.22. The fraction of sp³-hybridized carbons (Fsp3) is 0.222. The summed E-state index contributed by atoms with van der Waals surface area (Å²) in [6.45, 7) is 3.97. The molecule has 0 saturated heterocycles. The van der Waals surface area contributed by atoms with Gasteiger partial charge in [0.25, 0.3) is 0 Å². The summed E-state index contributed by atoms with van der Waals surface area (Å²) >= 11 is 0. The van der Waals surface area contributed by atoms with Crippen LogP contribution in [0.5, 0.6) is 28.7 Å².